The van der Waals surface area contributed by atoms with E-state index >= 15 is 0 Å². The predicted octanol–water partition coefficient (Wildman–Crippen LogP) is 4.46. The van der Waals surface area contributed by atoms with E-state index in [0.717, 1.165) is 10.9 Å². The lowest BCUT2D eigenvalue weighted by atomic mass is 9.95. The molecule has 0 amide bonds. The highest BCUT2D eigenvalue weighted by molar-refractivity contribution is 5.87. The molecule has 0 aliphatic rings. The zero-order valence-corrected chi connectivity index (χ0v) is 12.7. The molecule has 2 aromatic rings. The molecular weight excluding hydrogens is 246 g/mol. The Kier molecular flexibility index (Phi) is 5.02. The molecule has 0 bridgehead atoms. The first-order valence-corrected chi connectivity index (χ1v) is 7.60. The number of hydrogen-bond donors (Lipinski definition) is 2. The van der Waals surface area contributed by atoms with Crippen molar-refractivity contribution in [1.29, 1.82) is 0 Å². The average molecular weight is 271 g/mol. The van der Waals surface area contributed by atoms with Crippen molar-refractivity contribution >= 4 is 10.8 Å². The number of benzene rings is 2. The molecule has 0 aliphatic heterocycles. The Morgan fingerprint density at radius 3 is 2.45 bits per heavy atom. The molecule has 0 saturated heterocycles. The van der Waals surface area contributed by atoms with Gasteiger partial charge >= 0.3 is 0 Å². The first kappa shape index (κ1) is 14.9. The number of phenolic OH excluding ortho intramolecular Hbond substituents is 1. The van der Waals surface area contributed by atoms with Crippen molar-refractivity contribution in [1.82, 2.24) is 5.32 Å². The molecule has 2 N–H and O–H groups in total. The summed E-state index contributed by atoms with van der Waals surface area (Å²) in [6, 6.07) is 12.4. The van der Waals surface area contributed by atoms with Crippen LogP contribution in [0.25, 0.3) is 10.8 Å². The molecule has 2 heteroatoms. The summed E-state index contributed by atoms with van der Waals surface area (Å²) in [5, 5.41) is 16.0. The lowest BCUT2D eigenvalue weighted by Gasteiger charge is -2.23. The van der Waals surface area contributed by atoms with Crippen molar-refractivity contribution in [2.24, 2.45) is 5.92 Å². The molecule has 1 atom stereocenters. The summed E-state index contributed by atoms with van der Waals surface area (Å²) in [5.74, 6) is 1.07. The molecule has 0 fully saturated rings. The van der Waals surface area contributed by atoms with Crippen LogP contribution in [0.15, 0.2) is 36.4 Å². The van der Waals surface area contributed by atoms with Crippen LogP contribution in [-0.2, 0) is 6.54 Å². The Balaban J connectivity index is 2.19. The van der Waals surface area contributed by atoms with Crippen LogP contribution in [0.1, 0.15) is 39.2 Å². The zero-order valence-electron chi connectivity index (χ0n) is 12.7. The predicted molar refractivity (Wildman–Crippen MR) is 86.0 cm³/mol. The standard InChI is InChI=1S/C18H25NO/c1-4-14(5-2)13(3)19-12-17-16-9-7-6-8-15(16)10-11-18(17)20/h6-11,13-14,19-20H,4-5,12H2,1-3H3. The molecule has 0 radical (unpaired) electrons. The van der Waals surface area contributed by atoms with E-state index in [0.29, 0.717) is 24.3 Å². The lowest BCUT2D eigenvalue weighted by Crippen LogP contribution is -2.32. The van der Waals surface area contributed by atoms with Gasteiger partial charge < -0.3 is 10.4 Å². The molecule has 0 aliphatic carbocycles. The van der Waals surface area contributed by atoms with Crippen molar-refractivity contribution in [2.75, 3.05) is 0 Å². The smallest absolute Gasteiger partial charge is 0.120 e. The van der Waals surface area contributed by atoms with Crippen LogP contribution >= 0.6 is 0 Å². The van der Waals surface area contributed by atoms with Crippen LogP contribution in [-0.4, -0.2) is 11.1 Å². The molecule has 2 rings (SSSR count). The van der Waals surface area contributed by atoms with Crippen LogP contribution < -0.4 is 5.32 Å². The normalized spacial score (nSPS) is 13.0. The number of aromatic hydroxyl groups is 1. The second-order valence-electron chi connectivity index (χ2n) is 5.53. The molecule has 0 heterocycles. The van der Waals surface area contributed by atoms with Gasteiger partial charge in [0.1, 0.15) is 5.75 Å². The fourth-order valence-corrected chi connectivity index (χ4v) is 2.94. The first-order chi connectivity index (χ1) is 9.67. The quantitative estimate of drug-likeness (QED) is 0.813. The van der Waals surface area contributed by atoms with Gasteiger partial charge in [0.15, 0.2) is 0 Å². The maximum Gasteiger partial charge on any atom is 0.120 e. The van der Waals surface area contributed by atoms with Crippen molar-refractivity contribution in [3.63, 3.8) is 0 Å². The molecule has 0 saturated carbocycles. The van der Waals surface area contributed by atoms with Gasteiger partial charge in [-0.05, 0) is 29.7 Å². The number of fused-ring (bicyclic) bond motifs is 1. The maximum atomic E-state index is 10.1. The van der Waals surface area contributed by atoms with Gasteiger partial charge in [-0.15, -0.1) is 0 Å². The van der Waals surface area contributed by atoms with E-state index in [1.54, 1.807) is 6.07 Å². The minimum Gasteiger partial charge on any atom is -0.508 e. The van der Waals surface area contributed by atoms with Crippen LogP contribution in [0.5, 0.6) is 5.75 Å². The van der Waals surface area contributed by atoms with Gasteiger partial charge in [0, 0.05) is 18.2 Å². The molecule has 108 valence electrons. The Bertz CT molecular complexity index is 560. The Morgan fingerprint density at radius 2 is 1.75 bits per heavy atom. The molecule has 2 aromatic carbocycles. The van der Waals surface area contributed by atoms with Crippen molar-refractivity contribution < 1.29 is 5.11 Å². The topological polar surface area (TPSA) is 32.3 Å². The van der Waals surface area contributed by atoms with Gasteiger partial charge in [-0.2, -0.15) is 0 Å². The van der Waals surface area contributed by atoms with E-state index in [2.05, 4.69) is 38.2 Å². The first-order valence-electron chi connectivity index (χ1n) is 7.60. The second-order valence-corrected chi connectivity index (χ2v) is 5.53. The second kappa shape index (κ2) is 6.76. The van der Waals surface area contributed by atoms with Gasteiger partial charge in [0.2, 0.25) is 0 Å². The third kappa shape index (κ3) is 3.13. The SMILES string of the molecule is CCC(CC)C(C)NCc1c(O)ccc2ccccc12. The van der Waals surface area contributed by atoms with Crippen LogP contribution in [0.3, 0.4) is 0 Å². The summed E-state index contributed by atoms with van der Waals surface area (Å²) in [6.07, 6.45) is 2.37. The van der Waals surface area contributed by atoms with Gasteiger partial charge in [-0.1, -0.05) is 57.0 Å². The lowest BCUT2D eigenvalue weighted by molar-refractivity contribution is 0.351. The monoisotopic (exact) mass is 271 g/mol. The van der Waals surface area contributed by atoms with Crippen molar-refractivity contribution in [2.45, 2.75) is 46.2 Å². The van der Waals surface area contributed by atoms with Crippen molar-refractivity contribution in [3.8, 4) is 5.75 Å². The van der Waals surface area contributed by atoms with E-state index in [1.807, 2.05) is 18.2 Å². The van der Waals surface area contributed by atoms with E-state index in [4.69, 9.17) is 0 Å². The summed E-state index contributed by atoms with van der Waals surface area (Å²) in [7, 11) is 0. The highest BCUT2D eigenvalue weighted by Crippen LogP contribution is 2.27. The summed E-state index contributed by atoms with van der Waals surface area (Å²) >= 11 is 0. The number of rotatable bonds is 6. The Morgan fingerprint density at radius 1 is 1.05 bits per heavy atom. The van der Waals surface area contributed by atoms with Crippen LogP contribution in [0.2, 0.25) is 0 Å². The van der Waals surface area contributed by atoms with Crippen LogP contribution in [0.4, 0.5) is 0 Å². The molecule has 2 nitrogen and oxygen atoms in total. The third-order valence-electron chi connectivity index (χ3n) is 4.37. The summed E-state index contributed by atoms with van der Waals surface area (Å²) in [6.45, 7) is 7.42. The largest absolute Gasteiger partial charge is 0.508 e. The van der Waals surface area contributed by atoms with Crippen molar-refractivity contribution in [3.05, 3.63) is 42.0 Å². The molecule has 1 unspecified atom stereocenters. The van der Waals surface area contributed by atoms with E-state index in [1.165, 1.54) is 18.2 Å². The highest BCUT2D eigenvalue weighted by atomic mass is 16.3. The summed E-state index contributed by atoms with van der Waals surface area (Å²) in [4.78, 5) is 0. The fraction of sp³-hybridized carbons (Fsp3) is 0.444. The van der Waals surface area contributed by atoms with Gasteiger partial charge in [0.05, 0.1) is 0 Å². The fourth-order valence-electron chi connectivity index (χ4n) is 2.94. The minimum absolute atomic E-state index is 0.382. The number of hydrogen-bond acceptors (Lipinski definition) is 2. The van der Waals surface area contributed by atoms with Gasteiger partial charge in [-0.3, -0.25) is 0 Å². The van der Waals surface area contributed by atoms with Gasteiger partial charge in [-0.25, -0.2) is 0 Å². The van der Waals surface area contributed by atoms with E-state index in [-0.39, 0.29) is 0 Å². The number of nitrogens with one attached hydrogen (secondary N) is 1. The molecule has 20 heavy (non-hydrogen) atoms. The average Bonchev–Trinajstić information content (AvgIpc) is 2.47. The molecular formula is C18H25NO. The Hall–Kier alpha value is -1.54. The summed E-state index contributed by atoms with van der Waals surface area (Å²) < 4.78 is 0. The van der Waals surface area contributed by atoms with Crippen LogP contribution in [0, 0.1) is 5.92 Å². The summed E-state index contributed by atoms with van der Waals surface area (Å²) in [5.41, 5.74) is 1.00. The molecule has 0 spiro atoms. The zero-order chi connectivity index (χ0) is 14.5. The minimum atomic E-state index is 0.382. The van der Waals surface area contributed by atoms with E-state index < -0.39 is 0 Å². The van der Waals surface area contributed by atoms with Gasteiger partial charge in [0.25, 0.3) is 0 Å². The third-order valence-corrected chi connectivity index (χ3v) is 4.37. The molecule has 0 aromatic heterocycles. The number of phenols is 1. The highest BCUT2D eigenvalue weighted by Gasteiger charge is 2.14. The Labute approximate surface area is 121 Å². The van der Waals surface area contributed by atoms with E-state index in [9.17, 15) is 5.11 Å². The maximum absolute atomic E-state index is 10.1.